The van der Waals surface area contributed by atoms with E-state index in [1.165, 1.54) is 34.3 Å². The second-order valence-electron chi connectivity index (χ2n) is 8.01. The van der Waals surface area contributed by atoms with Crippen molar-refractivity contribution in [3.8, 4) is 0 Å². The second-order valence-corrected chi connectivity index (χ2v) is 8.01. The van der Waals surface area contributed by atoms with Crippen LogP contribution in [0.25, 0.3) is 10.9 Å². The third-order valence-corrected chi connectivity index (χ3v) is 5.76. The zero-order valence-electron chi connectivity index (χ0n) is 18.2. The number of rotatable bonds is 4. The average Bonchev–Trinajstić information content (AvgIpc) is 3.00. The number of benzene rings is 2. The standard InChI is InChI=1S/C22H22N2O.C4H4O4/c1-2-7-16(8-3-1)15-24-13-14-25-20-12-6-11-19-21(20)22(24)17-9-4-5-10-18(17)23-19;5-3(6)1-2-4(7)8/h1-5,7-10,20H,6,11-15H2;1-2H,(H,5,6)(H,7,8)/b;2-1+. The van der Waals surface area contributed by atoms with Crippen molar-refractivity contribution in [1.29, 1.82) is 0 Å². The number of hydrogen-bond acceptors (Lipinski definition) is 5. The number of aromatic nitrogens is 1. The van der Waals surface area contributed by atoms with Gasteiger partial charge in [0, 0.05) is 41.9 Å². The lowest BCUT2D eigenvalue weighted by Gasteiger charge is -2.30. The monoisotopic (exact) mass is 446 g/mol. The molecule has 2 N–H and O–H groups in total. The van der Waals surface area contributed by atoms with E-state index in [1.54, 1.807) is 0 Å². The first-order valence-corrected chi connectivity index (χ1v) is 11.0. The van der Waals surface area contributed by atoms with Crippen molar-refractivity contribution >= 4 is 28.5 Å². The van der Waals surface area contributed by atoms with Gasteiger partial charge < -0.3 is 19.8 Å². The van der Waals surface area contributed by atoms with E-state index >= 15 is 0 Å². The Morgan fingerprint density at radius 2 is 1.73 bits per heavy atom. The van der Waals surface area contributed by atoms with Gasteiger partial charge in [0.05, 0.1) is 23.9 Å². The Hall–Kier alpha value is -3.71. The molecule has 1 atom stereocenters. The van der Waals surface area contributed by atoms with Gasteiger partial charge in [-0.2, -0.15) is 0 Å². The molecule has 1 aromatic heterocycles. The lowest BCUT2D eigenvalue weighted by atomic mass is 9.90. The molecule has 1 aliphatic heterocycles. The normalized spacial score (nSPS) is 17.1. The van der Waals surface area contributed by atoms with Crippen molar-refractivity contribution in [1.82, 2.24) is 4.98 Å². The summed E-state index contributed by atoms with van der Waals surface area (Å²) in [5, 5.41) is 16.9. The quantitative estimate of drug-likeness (QED) is 0.574. The summed E-state index contributed by atoms with van der Waals surface area (Å²) in [5.41, 5.74) is 6.39. The van der Waals surface area contributed by atoms with Gasteiger partial charge in [-0.3, -0.25) is 4.98 Å². The number of carboxylic acids is 2. The second kappa shape index (κ2) is 10.3. The highest BCUT2D eigenvalue weighted by Gasteiger charge is 2.31. The molecule has 0 bridgehead atoms. The van der Waals surface area contributed by atoms with Crippen LogP contribution in [0.5, 0.6) is 0 Å². The van der Waals surface area contributed by atoms with Crippen LogP contribution < -0.4 is 4.90 Å². The number of carbonyl (C=O) groups is 2. The number of anilines is 1. The lowest BCUT2D eigenvalue weighted by Crippen LogP contribution is -2.26. The summed E-state index contributed by atoms with van der Waals surface area (Å²) < 4.78 is 6.25. The molecule has 2 aromatic carbocycles. The van der Waals surface area contributed by atoms with Crippen LogP contribution in [-0.2, 0) is 27.3 Å². The van der Waals surface area contributed by atoms with Crippen molar-refractivity contribution in [3.63, 3.8) is 0 Å². The predicted molar refractivity (Wildman–Crippen MR) is 125 cm³/mol. The van der Waals surface area contributed by atoms with Gasteiger partial charge in [-0.1, -0.05) is 48.5 Å². The molecule has 0 radical (unpaired) electrons. The number of aliphatic carboxylic acids is 2. The van der Waals surface area contributed by atoms with Crippen molar-refractivity contribution in [2.45, 2.75) is 31.9 Å². The Balaban J connectivity index is 0.000000281. The number of aryl methyl sites for hydroxylation is 1. The van der Waals surface area contributed by atoms with Gasteiger partial charge >= 0.3 is 11.9 Å². The first-order valence-electron chi connectivity index (χ1n) is 11.0. The van der Waals surface area contributed by atoms with Crippen LogP contribution in [0.1, 0.15) is 35.8 Å². The number of hydrogen-bond donors (Lipinski definition) is 2. The molecule has 2 aliphatic rings. The van der Waals surface area contributed by atoms with E-state index < -0.39 is 11.9 Å². The maximum atomic E-state index is 9.55. The fourth-order valence-corrected chi connectivity index (χ4v) is 4.42. The van der Waals surface area contributed by atoms with Crippen LogP contribution in [0, 0.1) is 0 Å². The van der Waals surface area contributed by atoms with Crippen LogP contribution in [0.15, 0.2) is 66.7 Å². The zero-order valence-corrected chi connectivity index (χ0v) is 18.2. The molecule has 5 rings (SSSR count). The van der Waals surface area contributed by atoms with Crippen LogP contribution in [0.3, 0.4) is 0 Å². The van der Waals surface area contributed by atoms with E-state index in [4.69, 9.17) is 19.9 Å². The summed E-state index contributed by atoms with van der Waals surface area (Å²) in [4.78, 5) is 26.6. The fourth-order valence-electron chi connectivity index (χ4n) is 4.42. The summed E-state index contributed by atoms with van der Waals surface area (Å²) >= 11 is 0. The number of para-hydroxylation sites is 1. The molecule has 0 fully saturated rings. The highest BCUT2D eigenvalue weighted by Crippen LogP contribution is 2.44. The molecule has 0 amide bonds. The molecule has 2 heterocycles. The van der Waals surface area contributed by atoms with Gasteiger partial charge in [0.1, 0.15) is 0 Å². The molecule has 33 heavy (non-hydrogen) atoms. The molecule has 0 saturated carbocycles. The maximum Gasteiger partial charge on any atom is 0.328 e. The average molecular weight is 447 g/mol. The summed E-state index contributed by atoms with van der Waals surface area (Å²) in [6.45, 7) is 2.61. The fraction of sp³-hybridized carbons (Fsp3) is 0.269. The highest BCUT2D eigenvalue weighted by atomic mass is 16.5. The Bertz CT molecular complexity index is 1160. The van der Waals surface area contributed by atoms with Crippen LogP contribution in [-0.4, -0.2) is 40.3 Å². The lowest BCUT2D eigenvalue weighted by molar-refractivity contribution is -0.134. The van der Waals surface area contributed by atoms with Gasteiger partial charge in [0.25, 0.3) is 0 Å². The van der Waals surface area contributed by atoms with Gasteiger partial charge in [0.2, 0.25) is 0 Å². The molecule has 1 unspecified atom stereocenters. The highest BCUT2D eigenvalue weighted by molar-refractivity contribution is 5.94. The molecule has 7 heteroatoms. The topological polar surface area (TPSA) is 100.0 Å². The van der Waals surface area contributed by atoms with E-state index in [0.29, 0.717) is 12.2 Å². The number of fused-ring (bicyclic) bond motifs is 2. The van der Waals surface area contributed by atoms with Gasteiger partial charge in [-0.05, 0) is 30.9 Å². The Labute approximate surface area is 191 Å². The molecule has 0 saturated heterocycles. The number of nitrogens with zero attached hydrogens (tertiary/aromatic N) is 2. The third kappa shape index (κ3) is 5.38. The van der Waals surface area contributed by atoms with E-state index in [2.05, 4.69) is 59.5 Å². The summed E-state index contributed by atoms with van der Waals surface area (Å²) in [6.07, 6.45) is 4.66. The largest absolute Gasteiger partial charge is 0.478 e. The van der Waals surface area contributed by atoms with Gasteiger partial charge in [-0.15, -0.1) is 0 Å². The number of ether oxygens (including phenoxy) is 1. The van der Waals surface area contributed by atoms with E-state index in [9.17, 15) is 9.59 Å². The molecule has 1 aliphatic carbocycles. The Morgan fingerprint density at radius 3 is 2.45 bits per heavy atom. The van der Waals surface area contributed by atoms with E-state index in [0.717, 1.165) is 38.1 Å². The number of pyridine rings is 1. The zero-order chi connectivity index (χ0) is 23.2. The van der Waals surface area contributed by atoms with Crippen molar-refractivity contribution in [3.05, 3.63) is 83.6 Å². The molecule has 170 valence electrons. The minimum absolute atomic E-state index is 0.205. The van der Waals surface area contributed by atoms with Crippen LogP contribution in [0.4, 0.5) is 5.69 Å². The Kier molecular flexibility index (Phi) is 7.00. The van der Waals surface area contributed by atoms with Crippen LogP contribution in [0.2, 0.25) is 0 Å². The molecular formula is C26H26N2O5. The van der Waals surface area contributed by atoms with Crippen molar-refractivity contribution < 1.29 is 24.5 Å². The predicted octanol–water partition coefficient (Wildman–Crippen LogP) is 4.36. The summed E-state index contributed by atoms with van der Waals surface area (Å²) in [7, 11) is 0. The molecule has 7 nitrogen and oxygen atoms in total. The molecule has 3 aromatic rings. The maximum absolute atomic E-state index is 9.55. The first-order chi connectivity index (χ1) is 16.0. The molecular weight excluding hydrogens is 420 g/mol. The van der Waals surface area contributed by atoms with Crippen molar-refractivity contribution in [2.24, 2.45) is 0 Å². The minimum Gasteiger partial charge on any atom is -0.478 e. The third-order valence-electron chi connectivity index (χ3n) is 5.76. The summed E-state index contributed by atoms with van der Waals surface area (Å²) in [5.74, 6) is -2.51. The van der Waals surface area contributed by atoms with Gasteiger partial charge in [0.15, 0.2) is 0 Å². The van der Waals surface area contributed by atoms with Gasteiger partial charge in [-0.25, -0.2) is 9.59 Å². The SMILES string of the molecule is O=C(O)/C=C/C(=O)O.c1ccc(CN2CCOC3CCCc4nc5ccccc5c2c43)cc1. The van der Waals surface area contributed by atoms with E-state index in [-0.39, 0.29) is 6.10 Å². The van der Waals surface area contributed by atoms with E-state index in [1.807, 2.05) is 0 Å². The summed E-state index contributed by atoms with van der Waals surface area (Å²) in [6, 6.07) is 19.3. The smallest absolute Gasteiger partial charge is 0.328 e. The number of carboxylic acid groups (broad SMARTS) is 2. The minimum atomic E-state index is -1.26. The molecule has 0 spiro atoms. The van der Waals surface area contributed by atoms with Crippen molar-refractivity contribution in [2.75, 3.05) is 18.1 Å². The first kappa shape index (κ1) is 22.5. The Morgan fingerprint density at radius 1 is 1.03 bits per heavy atom. The van der Waals surface area contributed by atoms with Crippen LogP contribution >= 0.6 is 0 Å².